The molecule has 0 unspecified atom stereocenters. The van der Waals surface area contributed by atoms with Crippen molar-refractivity contribution >= 4 is 11.8 Å². The molecule has 15 heavy (non-hydrogen) atoms. The zero-order valence-corrected chi connectivity index (χ0v) is 9.23. The molecule has 0 spiro atoms. The molecule has 6 nitrogen and oxygen atoms in total. The van der Waals surface area contributed by atoms with E-state index >= 15 is 0 Å². The van der Waals surface area contributed by atoms with E-state index in [2.05, 4.69) is 0 Å². The first-order chi connectivity index (χ1) is 7.08. The number of methoxy groups -OCH3 is 2. The van der Waals surface area contributed by atoms with Gasteiger partial charge in [-0.05, 0) is 0 Å². The van der Waals surface area contributed by atoms with Crippen LogP contribution >= 0.6 is 0 Å². The molecule has 0 aliphatic carbocycles. The highest BCUT2D eigenvalue weighted by Crippen LogP contribution is 2.05. The SMILES string of the molecule is COC(CN1CC(=O)N(C)CC1=O)OC. The largest absolute Gasteiger partial charge is 0.354 e. The summed E-state index contributed by atoms with van der Waals surface area (Å²) >= 11 is 0. The molecule has 6 heteroatoms. The molecule has 1 fully saturated rings. The summed E-state index contributed by atoms with van der Waals surface area (Å²) in [5.74, 6) is -0.156. The van der Waals surface area contributed by atoms with Crippen molar-refractivity contribution in [2.45, 2.75) is 6.29 Å². The molecule has 0 radical (unpaired) electrons. The molecular formula is C9H16N2O4. The van der Waals surface area contributed by atoms with Crippen molar-refractivity contribution in [1.29, 1.82) is 0 Å². The van der Waals surface area contributed by atoms with Gasteiger partial charge in [0.15, 0.2) is 6.29 Å². The van der Waals surface area contributed by atoms with Gasteiger partial charge < -0.3 is 19.3 Å². The third kappa shape index (κ3) is 2.90. The third-order valence-corrected chi connectivity index (χ3v) is 2.37. The van der Waals surface area contributed by atoms with Gasteiger partial charge in [0, 0.05) is 21.3 Å². The van der Waals surface area contributed by atoms with E-state index in [0.29, 0.717) is 0 Å². The van der Waals surface area contributed by atoms with Crippen LogP contribution in [0.25, 0.3) is 0 Å². The summed E-state index contributed by atoms with van der Waals surface area (Å²) in [4.78, 5) is 25.8. The van der Waals surface area contributed by atoms with Gasteiger partial charge >= 0.3 is 0 Å². The first-order valence-electron chi connectivity index (χ1n) is 4.65. The van der Waals surface area contributed by atoms with Crippen molar-refractivity contribution in [3.05, 3.63) is 0 Å². The summed E-state index contributed by atoms with van der Waals surface area (Å²) in [5, 5.41) is 0. The van der Waals surface area contributed by atoms with E-state index < -0.39 is 6.29 Å². The number of carbonyl (C=O) groups is 2. The smallest absolute Gasteiger partial charge is 0.242 e. The number of ether oxygens (including phenoxy) is 2. The molecule has 0 atom stereocenters. The van der Waals surface area contributed by atoms with Crippen LogP contribution in [0, 0.1) is 0 Å². The molecule has 0 aromatic heterocycles. The lowest BCUT2D eigenvalue weighted by atomic mass is 10.3. The highest BCUT2D eigenvalue weighted by atomic mass is 16.7. The molecule has 0 N–H and O–H groups in total. The van der Waals surface area contributed by atoms with Gasteiger partial charge in [0.1, 0.15) is 0 Å². The lowest BCUT2D eigenvalue weighted by Crippen LogP contribution is -2.54. The summed E-state index contributed by atoms with van der Waals surface area (Å²) in [6, 6.07) is 0. The van der Waals surface area contributed by atoms with Crippen LogP contribution in [0.4, 0.5) is 0 Å². The van der Waals surface area contributed by atoms with Crippen molar-refractivity contribution in [2.24, 2.45) is 0 Å². The summed E-state index contributed by atoms with van der Waals surface area (Å²) in [6.45, 7) is 0.503. The van der Waals surface area contributed by atoms with E-state index in [9.17, 15) is 9.59 Å². The van der Waals surface area contributed by atoms with Crippen LogP contribution in [0.2, 0.25) is 0 Å². The molecule has 2 amide bonds. The maximum atomic E-state index is 11.5. The second-order valence-electron chi connectivity index (χ2n) is 3.43. The van der Waals surface area contributed by atoms with Gasteiger partial charge in [-0.1, -0.05) is 0 Å². The number of rotatable bonds is 4. The molecule has 1 aliphatic rings. The monoisotopic (exact) mass is 216 g/mol. The number of nitrogens with zero attached hydrogens (tertiary/aromatic N) is 2. The Morgan fingerprint density at radius 2 is 1.80 bits per heavy atom. The van der Waals surface area contributed by atoms with Crippen molar-refractivity contribution in [3.8, 4) is 0 Å². The summed E-state index contributed by atoms with van der Waals surface area (Å²) in [5.41, 5.74) is 0. The zero-order chi connectivity index (χ0) is 11.4. The molecular weight excluding hydrogens is 200 g/mol. The number of likely N-dealkylation sites (N-methyl/N-ethyl adjacent to an activating group) is 1. The van der Waals surface area contributed by atoms with Crippen LogP contribution < -0.4 is 0 Å². The topological polar surface area (TPSA) is 59.1 Å². The Kier molecular flexibility index (Phi) is 4.05. The predicted molar refractivity (Wildman–Crippen MR) is 52.0 cm³/mol. The zero-order valence-electron chi connectivity index (χ0n) is 9.23. The number of piperazine rings is 1. The Bertz CT molecular complexity index is 252. The summed E-state index contributed by atoms with van der Waals surface area (Å²) < 4.78 is 9.94. The van der Waals surface area contributed by atoms with Crippen LogP contribution in [-0.2, 0) is 19.1 Å². The van der Waals surface area contributed by atoms with Crippen LogP contribution in [0.15, 0.2) is 0 Å². The van der Waals surface area contributed by atoms with Gasteiger partial charge in [-0.3, -0.25) is 9.59 Å². The fourth-order valence-electron chi connectivity index (χ4n) is 1.35. The molecule has 1 saturated heterocycles. The van der Waals surface area contributed by atoms with Gasteiger partial charge in [-0.25, -0.2) is 0 Å². The van der Waals surface area contributed by atoms with Gasteiger partial charge in [0.25, 0.3) is 0 Å². The molecule has 0 aromatic rings. The Hall–Kier alpha value is -1.14. The van der Waals surface area contributed by atoms with Crippen LogP contribution in [0.3, 0.4) is 0 Å². The highest BCUT2D eigenvalue weighted by molar-refractivity contribution is 5.92. The van der Waals surface area contributed by atoms with Gasteiger partial charge in [0.05, 0.1) is 19.6 Å². The van der Waals surface area contributed by atoms with Crippen LogP contribution in [0.5, 0.6) is 0 Å². The Labute approximate surface area is 88.7 Å². The van der Waals surface area contributed by atoms with E-state index in [1.165, 1.54) is 24.0 Å². The lowest BCUT2D eigenvalue weighted by molar-refractivity contribution is -0.158. The average Bonchev–Trinajstić information content (AvgIpc) is 2.21. The van der Waals surface area contributed by atoms with Gasteiger partial charge in [0.2, 0.25) is 11.8 Å². The van der Waals surface area contributed by atoms with Gasteiger partial charge in [-0.15, -0.1) is 0 Å². The van der Waals surface area contributed by atoms with E-state index in [0.717, 1.165) is 0 Å². The minimum Gasteiger partial charge on any atom is -0.354 e. The number of carbonyl (C=O) groups excluding carboxylic acids is 2. The molecule has 86 valence electrons. The number of amides is 2. The van der Waals surface area contributed by atoms with E-state index in [1.807, 2.05) is 0 Å². The van der Waals surface area contributed by atoms with E-state index in [1.54, 1.807) is 7.05 Å². The molecule has 1 rings (SSSR count). The maximum Gasteiger partial charge on any atom is 0.242 e. The molecule has 1 aliphatic heterocycles. The molecule has 0 saturated carbocycles. The Balaban J connectivity index is 2.54. The number of hydrogen-bond donors (Lipinski definition) is 0. The fourth-order valence-corrected chi connectivity index (χ4v) is 1.35. The van der Waals surface area contributed by atoms with Crippen LogP contribution in [-0.4, -0.2) is 68.8 Å². The van der Waals surface area contributed by atoms with Crippen LogP contribution in [0.1, 0.15) is 0 Å². The van der Waals surface area contributed by atoms with Gasteiger partial charge in [-0.2, -0.15) is 0 Å². The van der Waals surface area contributed by atoms with E-state index in [4.69, 9.17) is 9.47 Å². The second-order valence-corrected chi connectivity index (χ2v) is 3.43. The first kappa shape index (κ1) is 11.9. The lowest BCUT2D eigenvalue weighted by Gasteiger charge is -2.33. The predicted octanol–water partition coefficient (Wildman–Crippen LogP) is -1.09. The normalized spacial score (nSPS) is 17.9. The third-order valence-electron chi connectivity index (χ3n) is 2.37. The Morgan fingerprint density at radius 3 is 2.33 bits per heavy atom. The van der Waals surface area contributed by atoms with E-state index in [-0.39, 0.29) is 31.4 Å². The maximum absolute atomic E-state index is 11.5. The second kappa shape index (κ2) is 5.09. The quantitative estimate of drug-likeness (QED) is 0.560. The highest BCUT2D eigenvalue weighted by Gasteiger charge is 2.28. The Morgan fingerprint density at radius 1 is 1.20 bits per heavy atom. The molecule has 1 heterocycles. The first-order valence-corrected chi connectivity index (χ1v) is 4.65. The fraction of sp³-hybridized carbons (Fsp3) is 0.778. The minimum atomic E-state index is -0.481. The average molecular weight is 216 g/mol. The van der Waals surface area contributed by atoms with Crippen molar-refractivity contribution in [2.75, 3.05) is 40.9 Å². The standard InChI is InChI=1S/C9H16N2O4/c1-10-4-8(13)11(5-7(10)12)6-9(14-2)15-3/h9H,4-6H2,1-3H3. The summed E-state index contributed by atoms with van der Waals surface area (Å²) in [7, 11) is 4.61. The minimum absolute atomic E-state index is 0.0689. The molecule has 0 bridgehead atoms. The van der Waals surface area contributed by atoms with Crippen molar-refractivity contribution in [1.82, 2.24) is 9.80 Å². The summed E-state index contributed by atoms with van der Waals surface area (Å²) in [6.07, 6.45) is -0.481. The molecule has 0 aromatic carbocycles. The van der Waals surface area contributed by atoms with Crippen molar-refractivity contribution < 1.29 is 19.1 Å². The van der Waals surface area contributed by atoms with Crippen molar-refractivity contribution in [3.63, 3.8) is 0 Å². The number of hydrogen-bond acceptors (Lipinski definition) is 4.